The van der Waals surface area contributed by atoms with Crippen molar-refractivity contribution in [2.24, 2.45) is 5.92 Å². The maximum absolute atomic E-state index is 5.98. The van der Waals surface area contributed by atoms with E-state index in [0.717, 1.165) is 32.1 Å². The van der Waals surface area contributed by atoms with E-state index in [9.17, 15) is 0 Å². The Labute approximate surface area is 130 Å². The second-order valence-electron chi connectivity index (χ2n) is 6.53. The molecule has 0 aromatic heterocycles. The molecule has 1 aliphatic carbocycles. The van der Waals surface area contributed by atoms with Crippen molar-refractivity contribution in [1.29, 1.82) is 0 Å². The second-order valence-corrected chi connectivity index (χ2v) is 6.53. The van der Waals surface area contributed by atoms with Gasteiger partial charge in [0.1, 0.15) is 0 Å². The Morgan fingerprint density at radius 1 is 1.29 bits per heavy atom. The smallest absolute Gasteiger partial charge is 0.0661 e. The third-order valence-corrected chi connectivity index (χ3v) is 4.62. The van der Waals surface area contributed by atoms with Crippen LogP contribution in [0.5, 0.6) is 0 Å². The van der Waals surface area contributed by atoms with E-state index in [-0.39, 0.29) is 0 Å². The Morgan fingerprint density at radius 2 is 2.10 bits per heavy atom. The van der Waals surface area contributed by atoms with Gasteiger partial charge in [0.2, 0.25) is 0 Å². The van der Waals surface area contributed by atoms with Crippen molar-refractivity contribution in [2.75, 3.05) is 19.8 Å². The summed E-state index contributed by atoms with van der Waals surface area (Å²) < 4.78 is 5.98. The zero-order valence-corrected chi connectivity index (χ0v) is 14.0. The van der Waals surface area contributed by atoms with Gasteiger partial charge in [-0.1, -0.05) is 49.9 Å². The largest absolute Gasteiger partial charge is 0.379 e. The van der Waals surface area contributed by atoms with Crippen molar-refractivity contribution < 1.29 is 4.74 Å². The molecule has 1 aromatic carbocycles. The van der Waals surface area contributed by atoms with Gasteiger partial charge in [-0.05, 0) is 50.3 Å². The predicted octanol–water partition coefficient (Wildman–Crippen LogP) is 4.55. The van der Waals surface area contributed by atoms with Gasteiger partial charge in [0, 0.05) is 6.61 Å². The third kappa shape index (κ3) is 5.12. The lowest BCUT2D eigenvalue weighted by Gasteiger charge is -2.26. The summed E-state index contributed by atoms with van der Waals surface area (Å²) in [6.07, 6.45) is 6.65. The van der Waals surface area contributed by atoms with Crippen LogP contribution in [0.4, 0.5) is 0 Å². The molecule has 1 saturated carbocycles. The van der Waals surface area contributed by atoms with Crippen LogP contribution in [0.2, 0.25) is 0 Å². The van der Waals surface area contributed by atoms with Crippen LogP contribution in [0, 0.1) is 19.8 Å². The van der Waals surface area contributed by atoms with Crippen LogP contribution in [0.1, 0.15) is 61.8 Å². The first-order valence-corrected chi connectivity index (χ1v) is 8.59. The van der Waals surface area contributed by atoms with Crippen molar-refractivity contribution in [3.63, 3.8) is 0 Å². The Morgan fingerprint density at radius 3 is 2.71 bits per heavy atom. The quantitative estimate of drug-likeness (QED) is 0.673. The summed E-state index contributed by atoms with van der Waals surface area (Å²) in [5.74, 6) is 0.938. The number of rotatable bonds is 9. The van der Waals surface area contributed by atoms with E-state index in [1.54, 1.807) is 0 Å². The molecule has 1 fully saturated rings. The summed E-state index contributed by atoms with van der Waals surface area (Å²) in [7, 11) is 0. The molecule has 2 nitrogen and oxygen atoms in total. The normalized spacial score (nSPS) is 16.7. The average Bonchev–Trinajstić information content (AvgIpc) is 2.40. The van der Waals surface area contributed by atoms with E-state index < -0.39 is 0 Å². The summed E-state index contributed by atoms with van der Waals surface area (Å²) in [4.78, 5) is 0. The van der Waals surface area contributed by atoms with Gasteiger partial charge in [-0.25, -0.2) is 0 Å². The molecule has 1 unspecified atom stereocenters. The van der Waals surface area contributed by atoms with Crippen LogP contribution < -0.4 is 5.32 Å². The van der Waals surface area contributed by atoms with Crippen molar-refractivity contribution >= 4 is 0 Å². The Bertz CT molecular complexity index is 426. The van der Waals surface area contributed by atoms with Gasteiger partial charge in [-0.2, -0.15) is 0 Å². The van der Waals surface area contributed by atoms with Crippen LogP contribution in [0.25, 0.3) is 0 Å². The van der Waals surface area contributed by atoms with E-state index >= 15 is 0 Å². The monoisotopic (exact) mass is 289 g/mol. The first-order valence-electron chi connectivity index (χ1n) is 8.59. The highest BCUT2D eigenvalue weighted by Gasteiger charge is 2.18. The summed E-state index contributed by atoms with van der Waals surface area (Å²) in [5.41, 5.74) is 4.08. The molecule has 21 heavy (non-hydrogen) atoms. The Hall–Kier alpha value is -0.860. The molecule has 1 aromatic rings. The molecule has 118 valence electrons. The summed E-state index contributed by atoms with van der Waals surface area (Å²) in [5, 5.41) is 3.64. The Balaban J connectivity index is 1.86. The molecule has 1 atom stereocenters. The second kappa shape index (κ2) is 8.55. The fourth-order valence-corrected chi connectivity index (χ4v) is 3.03. The standard InChI is InChI=1S/C19H31NO/c1-4-11-20-19(14-21-12-10-17-6-5-7-17)18-9-8-15(2)13-16(18)3/h8-9,13,17,19-20H,4-7,10-12,14H2,1-3H3. The fourth-order valence-electron chi connectivity index (χ4n) is 3.03. The lowest BCUT2D eigenvalue weighted by molar-refractivity contribution is 0.0887. The molecule has 0 heterocycles. The molecule has 0 spiro atoms. The highest BCUT2D eigenvalue weighted by atomic mass is 16.5. The summed E-state index contributed by atoms with van der Waals surface area (Å²) >= 11 is 0. The van der Waals surface area contributed by atoms with E-state index in [2.05, 4.69) is 44.3 Å². The number of hydrogen-bond donors (Lipinski definition) is 1. The third-order valence-electron chi connectivity index (χ3n) is 4.62. The maximum atomic E-state index is 5.98. The molecule has 0 radical (unpaired) electrons. The summed E-state index contributed by atoms with van der Waals surface area (Å²) in [6, 6.07) is 7.06. The topological polar surface area (TPSA) is 21.3 Å². The van der Waals surface area contributed by atoms with Gasteiger partial charge in [0.25, 0.3) is 0 Å². The SMILES string of the molecule is CCCNC(COCCC1CCC1)c1ccc(C)cc1C. The zero-order valence-electron chi connectivity index (χ0n) is 14.0. The number of ether oxygens (including phenoxy) is 1. The van der Waals surface area contributed by atoms with Gasteiger partial charge < -0.3 is 10.1 Å². The fraction of sp³-hybridized carbons (Fsp3) is 0.684. The van der Waals surface area contributed by atoms with Crippen LogP contribution in [0.3, 0.4) is 0 Å². The van der Waals surface area contributed by atoms with Crippen molar-refractivity contribution in [3.05, 3.63) is 34.9 Å². The molecule has 0 bridgehead atoms. The molecular formula is C19H31NO. The molecule has 1 aliphatic rings. The highest BCUT2D eigenvalue weighted by Crippen LogP contribution is 2.29. The van der Waals surface area contributed by atoms with Crippen molar-refractivity contribution in [1.82, 2.24) is 5.32 Å². The van der Waals surface area contributed by atoms with Crippen LogP contribution in [0.15, 0.2) is 18.2 Å². The molecular weight excluding hydrogens is 258 g/mol. The molecule has 0 saturated heterocycles. The number of hydrogen-bond acceptors (Lipinski definition) is 2. The predicted molar refractivity (Wildman–Crippen MR) is 89.7 cm³/mol. The maximum Gasteiger partial charge on any atom is 0.0661 e. The van der Waals surface area contributed by atoms with Gasteiger partial charge in [0.05, 0.1) is 12.6 Å². The van der Waals surface area contributed by atoms with Gasteiger partial charge in [0.15, 0.2) is 0 Å². The average molecular weight is 289 g/mol. The van der Waals surface area contributed by atoms with E-state index in [1.165, 1.54) is 42.4 Å². The van der Waals surface area contributed by atoms with E-state index in [0.29, 0.717) is 6.04 Å². The minimum Gasteiger partial charge on any atom is -0.379 e. The number of aryl methyl sites for hydroxylation is 2. The van der Waals surface area contributed by atoms with Gasteiger partial charge in [-0.3, -0.25) is 0 Å². The minimum absolute atomic E-state index is 0.326. The van der Waals surface area contributed by atoms with Crippen LogP contribution >= 0.6 is 0 Å². The van der Waals surface area contributed by atoms with Gasteiger partial charge in [-0.15, -0.1) is 0 Å². The molecule has 2 rings (SSSR count). The zero-order chi connectivity index (χ0) is 15.1. The lowest BCUT2D eigenvalue weighted by atomic mass is 9.83. The van der Waals surface area contributed by atoms with Crippen LogP contribution in [-0.2, 0) is 4.74 Å². The van der Waals surface area contributed by atoms with Crippen LogP contribution in [-0.4, -0.2) is 19.8 Å². The first kappa shape index (κ1) is 16.5. The highest BCUT2D eigenvalue weighted by molar-refractivity contribution is 5.32. The van der Waals surface area contributed by atoms with Gasteiger partial charge >= 0.3 is 0 Å². The molecule has 1 N–H and O–H groups in total. The van der Waals surface area contributed by atoms with E-state index in [4.69, 9.17) is 4.74 Å². The van der Waals surface area contributed by atoms with E-state index in [1.807, 2.05) is 0 Å². The van der Waals surface area contributed by atoms with Crippen molar-refractivity contribution in [2.45, 2.75) is 58.9 Å². The van der Waals surface area contributed by atoms with Crippen molar-refractivity contribution in [3.8, 4) is 0 Å². The lowest BCUT2D eigenvalue weighted by Crippen LogP contribution is -2.27. The number of benzene rings is 1. The molecule has 0 amide bonds. The number of nitrogens with one attached hydrogen (secondary N) is 1. The molecule has 0 aliphatic heterocycles. The first-order chi connectivity index (χ1) is 10.2. The minimum atomic E-state index is 0.326. The molecule has 2 heteroatoms. The Kier molecular flexibility index (Phi) is 6.72. The summed E-state index contributed by atoms with van der Waals surface area (Å²) in [6.45, 7) is 9.32.